The van der Waals surface area contributed by atoms with Crippen molar-refractivity contribution in [2.45, 2.75) is 95.2 Å². The number of hydrogen-bond acceptors (Lipinski definition) is 8. The molecule has 3 rings (SSSR count). The average Bonchev–Trinajstić information content (AvgIpc) is 3.34. The first kappa shape index (κ1) is 36.7. The van der Waals surface area contributed by atoms with Gasteiger partial charge in [0, 0.05) is 32.9 Å². The van der Waals surface area contributed by atoms with Gasteiger partial charge in [0.05, 0.1) is 23.5 Å². The smallest absolute Gasteiger partial charge is 0.344 e. The molecule has 1 saturated heterocycles. The van der Waals surface area contributed by atoms with E-state index in [1.54, 1.807) is 30.1 Å². The number of amides is 1. The number of likely N-dealkylation sites (tertiary alicyclic amines) is 1. The van der Waals surface area contributed by atoms with Crippen molar-refractivity contribution < 1.29 is 31.9 Å². The van der Waals surface area contributed by atoms with Gasteiger partial charge in [-0.2, -0.15) is 0 Å². The molecule has 0 N–H and O–H groups in total. The number of carbonyl (C=O) groups is 2. The summed E-state index contributed by atoms with van der Waals surface area (Å²) < 4.78 is 41.7. The van der Waals surface area contributed by atoms with Crippen molar-refractivity contribution in [1.82, 2.24) is 9.80 Å². The van der Waals surface area contributed by atoms with Crippen LogP contribution in [0.5, 0.6) is 5.75 Å². The molecule has 2 aromatic carbocycles. The molecule has 0 saturated carbocycles. The molecule has 0 aliphatic carbocycles. The number of esters is 1. The van der Waals surface area contributed by atoms with Crippen molar-refractivity contribution in [2.75, 3.05) is 39.5 Å². The van der Waals surface area contributed by atoms with Gasteiger partial charge in [-0.1, -0.05) is 45.0 Å². The predicted octanol–water partition coefficient (Wildman–Crippen LogP) is 5.65. The van der Waals surface area contributed by atoms with E-state index in [0.717, 1.165) is 36.9 Å². The molecule has 1 aliphatic rings. The van der Waals surface area contributed by atoms with Crippen LogP contribution in [0.2, 0.25) is 18.1 Å². The highest BCUT2D eigenvalue weighted by molar-refractivity contribution is 7.90. The summed E-state index contributed by atoms with van der Waals surface area (Å²) in [5, 5.41) is 0.120. The quantitative estimate of drug-likeness (QED) is 0.213. The Morgan fingerprint density at radius 2 is 1.69 bits per heavy atom. The fourth-order valence-corrected chi connectivity index (χ4v) is 7.01. The minimum Gasteiger partial charge on any atom is -0.482 e. The Hall–Kier alpha value is -2.73. The molecule has 2 aromatic rings. The summed E-state index contributed by atoms with van der Waals surface area (Å²) in [6.45, 7) is 18.7. The molecular weight excluding hydrogens is 609 g/mol. The molecular formula is C34H52N2O7SSi. The second-order valence-corrected chi connectivity index (χ2v) is 21.4. The fraction of sp³-hybridized carbons (Fsp3) is 0.588. The second-order valence-electron chi connectivity index (χ2n) is 14.6. The summed E-state index contributed by atoms with van der Waals surface area (Å²) in [6, 6.07) is 13.6. The molecule has 0 bridgehead atoms. The number of rotatable bonds is 12. The Kier molecular flexibility index (Phi) is 11.7. The summed E-state index contributed by atoms with van der Waals surface area (Å²) in [4.78, 5) is 30.2. The highest BCUT2D eigenvalue weighted by atomic mass is 32.2. The molecule has 0 aromatic heterocycles. The maximum absolute atomic E-state index is 13.7. The van der Waals surface area contributed by atoms with Crippen LogP contribution in [0.15, 0.2) is 53.4 Å². The SMILES string of the molecule is CN(C(=O)Cc1ccc(S(C)(=O)=O)cc1)[C@H](CN1CC[C@H](O[Si](C)(C)C(C)(C)C)C1)c1cccc(OCC(=O)OC(C)(C)C)c1. The molecule has 0 spiro atoms. The lowest BCUT2D eigenvalue weighted by Gasteiger charge is -2.38. The maximum Gasteiger partial charge on any atom is 0.344 e. The standard InChI is InChI=1S/C34H52N2O7SSi/c1-33(2,3)42-32(38)24-41-27-13-11-12-26(21-27)30(23-36-19-18-28(22-36)43-45(9,10)34(4,5)6)35(7)31(37)20-25-14-16-29(17-15-25)44(8,39)40/h11-17,21,28,30H,18-20,22-24H2,1-10H3/t28-,30+/m0/s1. The maximum atomic E-state index is 13.7. The van der Waals surface area contributed by atoms with Crippen molar-refractivity contribution in [3.63, 3.8) is 0 Å². The van der Waals surface area contributed by atoms with Crippen LogP contribution in [0.3, 0.4) is 0 Å². The van der Waals surface area contributed by atoms with Gasteiger partial charge in [0.25, 0.3) is 0 Å². The minimum atomic E-state index is -3.32. The number of nitrogens with zero attached hydrogens (tertiary/aromatic N) is 2. The van der Waals surface area contributed by atoms with Crippen LogP contribution in [0.1, 0.15) is 65.1 Å². The van der Waals surface area contributed by atoms with Crippen LogP contribution in [-0.2, 0) is 35.0 Å². The van der Waals surface area contributed by atoms with Crippen LogP contribution in [0.4, 0.5) is 0 Å². The van der Waals surface area contributed by atoms with Gasteiger partial charge in [-0.3, -0.25) is 9.69 Å². The fourth-order valence-electron chi connectivity index (χ4n) is 5.00. The van der Waals surface area contributed by atoms with E-state index < -0.39 is 29.7 Å². The Labute approximate surface area is 271 Å². The van der Waals surface area contributed by atoms with Gasteiger partial charge < -0.3 is 18.8 Å². The van der Waals surface area contributed by atoms with Crippen molar-refractivity contribution >= 4 is 30.0 Å². The third-order valence-corrected chi connectivity index (χ3v) is 14.2. The number of ether oxygens (including phenoxy) is 2. The van der Waals surface area contributed by atoms with E-state index in [-0.39, 0.29) is 41.0 Å². The first-order valence-electron chi connectivity index (χ1n) is 15.5. The van der Waals surface area contributed by atoms with E-state index in [0.29, 0.717) is 12.3 Å². The zero-order valence-corrected chi connectivity index (χ0v) is 30.5. The van der Waals surface area contributed by atoms with Gasteiger partial charge >= 0.3 is 5.97 Å². The lowest BCUT2D eigenvalue weighted by Crippen LogP contribution is -2.45. The summed E-state index contributed by atoms with van der Waals surface area (Å²) >= 11 is 0. The van der Waals surface area contributed by atoms with E-state index in [2.05, 4.69) is 38.8 Å². The Balaban J connectivity index is 1.81. The molecule has 1 fully saturated rings. The normalized spacial score (nSPS) is 17.2. The van der Waals surface area contributed by atoms with Gasteiger partial charge in [-0.05, 0) is 80.7 Å². The third-order valence-electron chi connectivity index (χ3n) is 8.52. The average molecular weight is 661 g/mol. The van der Waals surface area contributed by atoms with E-state index in [9.17, 15) is 18.0 Å². The number of benzene rings is 2. The van der Waals surface area contributed by atoms with Crippen LogP contribution < -0.4 is 4.74 Å². The van der Waals surface area contributed by atoms with Crippen molar-refractivity contribution in [3.05, 3.63) is 59.7 Å². The summed E-state index contributed by atoms with van der Waals surface area (Å²) in [6.07, 6.45) is 2.37. The molecule has 0 radical (unpaired) electrons. The molecule has 2 atom stereocenters. The van der Waals surface area contributed by atoms with E-state index in [4.69, 9.17) is 13.9 Å². The summed E-state index contributed by atoms with van der Waals surface area (Å²) in [5.41, 5.74) is 1.01. The molecule has 1 heterocycles. The molecule has 250 valence electrons. The topological polar surface area (TPSA) is 102 Å². The Morgan fingerprint density at radius 1 is 1.04 bits per heavy atom. The summed E-state index contributed by atoms with van der Waals surface area (Å²) in [7, 11) is -3.45. The van der Waals surface area contributed by atoms with Gasteiger partial charge in [0.2, 0.25) is 5.91 Å². The zero-order valence-electron chi connectivity index (χ0n) is 28.7. The lowest BCUT2D eigenvalue weighted by atomic mass is 10.0. The van der Waals surface area contributed by atoms with E-state index in [1.807, 2.05) is 39.0 Å². The van der Waals surface area contributed by atoms with Gasteiger partial charge in [-0.25, -0.2) is 13.2 Å². The predicted molar refractivity (Wildman–Crippen MR) is 180 cm³/mol. The van der Waals surface area contributed by atoms with E-state index in [1.165, 1.54) is 12.1 Å². The Morgan fingerprint density at radius 3 is 2.27 bits per heavy atom. The van der Waals surface area contributed by atoms with Crippen LogP contribution >= 0.6 is 0 Å². The Bertz CT molecular complexity index is 1430. The third kappa shape index (κ3) is 10.9. The lowest BCUT2D eigenvalue weighted by molar-refractivity contribution is -0.157. The molecule has 45 heavy (non-hydrogen) atoms. The zero-order chi connectivity index (χ0) is 33.8. The highest BCUT2D eigenvalue weighted by Gasteiger charge is 2.41. The first-order valence-corrected chi connectivity index (χ1v) is 20.3. The van der Waals surface area contributed by atoms with Gasteiger partial charge in [-0.15, -0.1) is 0 Å². The van der Waals surface area contributed by atoms with E-state index >= 15 is 0 Å². The molecule has 9 nitrogen and oxygen atoms in total. The largest absolute Gasteiger partial charge is 0.482 e. The molecule has 1 aliphatic heterocycles. The highest BCUT2D eigenvalue weighted by Crippen LogP contribution is 2.38. The number of hydrogen-bond donors (Lipinski definition) is 0. The van der Waals surface area contributed by atoms with Crippen LogP contribution in [0, 0.1) is 0 Å². The molecule has 1 amide bonds. The van der Waals surface area contributed by atoms with Crippen molar-refractivity contribution in [2.24, 2.45) is 0 Å². The van der Waals surface area contributed by atoms with Gasteiger partial charge in [0.1, 0.15) is 11.4 Å². The second kappa shape index (κ2) is 14.4. The number of carbonyl (C=O) groups excluding carboxylic acids is 2. The molecule has 11 heteroatoms. The van der Waals surface area contributed by atoms with Crippen LogP contribution in [-0.4, -0.2) is 89.7 Å². The van der Waals surface area contributed by atoms with Gasteiger partial charge in [0.15, 0.2) is 24.8 Å². The van der Waals surface area contributed by atoms with Crippen molar-refractivity contribution in [3.8, 4) is 5.75 Å². The first-order chi connectivity index (χ1) is 20.6. The summed E-state index contributed by atoms with van der Waals surface area (Å²) in [5.74, 6) is -0.0370. The number of likely N-dealkylation sites (N-methyl/N-ethyl adjacent to an activating group) is 1. The van der Waals surface area contributed by atoms with Crippen molar-refractivity contribution in [1.29, 1.82) is 0 Å². The van der Waals surface area contributed by atoms with Crippen LogP contribution in [0.25, 0.3) is 0 Å². The molecule has 0 unspecified atom stereocenters. The number of sulfone groups is 1. The monoisotopic (exact) mass is 660 g/mol. The minimum absolute atomic E-state index is 0.0968.